The van der Waals surface area contributed by atoms with Crippen LogP contribution in [-0.4, -0.2) is 29.2 Å². The maximum absolute atomic E-state index is 13.8. The van der Waals surface area contributed by atoms with Gasteiger partial charge in [0, 0.05) is 24.2 Å². The number of aromatic nitrogens is 3. The molecule has 3 heterocycles. The Morgan fingerprint density at radius 3 is 1.88 bits per heavy atom. The van der Waals surface area contributed by atoms with Gasteiger partial charge in [-0.15, -0.1) is 0 Å². The summed E-state index contributed by atoms with van der Waals surface area (Å²) in [5.41, 5.74) is 9.42. The van der Waals surface area contributed by atoms with Gasteiger partial charge in [-0.25, -0.2) is 9.37 Å². The summed E-state index contributed by atoms with van der Waals surface area (Å²) in [5, 5.41) is 0. The zero-order valence-corrected chi connectivity index (χ0v) is 17.8. The third-order valence-corrected chi connectivity index (χ3v) is 5.33. The quantitative estimate of drug-likeness (QED) is 0.462. The van der Waals surface area contributed by atoms with Crippen LogP contribution in [0.4, 0.5) is 10.2 Å². The lowest BCUT2D eigenvalue weighted by molar-refractivity contribution is 0.410. The molecule has 1 atom stereocenters. The number of benzene rings is 1. The highest BCUT2D eigenvalue weighted by Gasteiger charge is 2.31. The van der Waals surface area contributed by atoms with Crippen molar-refractivity contribution < 1.29 is 13.9 Å². The maximum Gasteiger partial charge on any atom is 0.137 e. The highest BCUT2D eigenvalue weighted by molar-refractivity contribution is 5.45. The van der Waals surface area contributed by atoms with Crippen molar-refractivity contribution in [2.24, 2.45) is 0 Å². The zero-order chi connectivity index (χ0) is 22.5. The molecule has 0 aliphatic rings. The van der Waals surface area contributed by atoms with Crippen LogP contribution in [0.1, 0.15) is 34.2 Å². The number of hydrogen-bond donors (Lipinski definition) is 1. The Morgan fingerprint density at radius 1 is 0.750 bits per heavy atom. The summed E-state index contributed by atoms with van der Waals surface area (Å²) in [6.07, 6.45) is 6.87. The first-order chi connectivity index (χ1) is 15.6. The minimum atomic E-state index is -0.310. The first-order valence-electron chi connectivity index (χ1n) is 10.0. The summed E-state index contributed by atoms with van der Waals surface area (Å²) in [6.45, 7) is 0. The number of nitrogens with zero attached hydrogens (tertiary/aromatic N) is 3. The van der Waals surface area contributed by atoms with Crippen LogP contribution in [0.3, 0.4) is 0 Å². The van der Waals surface area contributed by atoms with Gasteiger partial charge in [0.05, 0.1) is 32.3 Å². The fourth-order valence-corrected chi connectivity index (χ4v) is 3.86. The molecule has 0 bridgehead atoms. The van der Waals surface area contributed by atoms with E-state index in [1.807, 2.05) is 24.3 Å². The summed E-state index contributed by atoms with van der Waals surface area (Å²) in [7, 11) is 3.19. The molecule has 4 aromatic rings. The van der Waals surface area contributed by atoms with E-state index in [-0.39, 0.29) is 17.7 Å². The number of nitrogen functional groups attached to an aromatic ring is 1. The van der Waals surface area contributed by atoms with Gasteiger partial charge >= 0.3 is 0 Å². The fourth-order valence-electron chi connectivity index (χ4n) is 3.86. The number of ether oxygens (including phenoxy) is 2. The molecule has 0 fully saturated rings. The monoisotopic (exact) mass is 430 g/mol. The Hall–Kier alpha value is -4.00. The number of pyridine rings is 3. The van der Waals surface area contributed by atoms with Crippen molar-refractivity contribution in [3.05, 3.63) is 108 Å². The van der Waals surface area contributed by atoms with Crippen molar-refractivity contribution in [2.75, 3.05) is 20.0 Å². The second-order valence-corrected chi connectivity index (χ2v) is 7.31. The minimum Gasteiger partial charge on any atom is -0.495 e. The molecule has 0 radical (unpaired) electrons. The summed E-state index contributed by atoms with van der Waals surface area (Å²) in [4.78, 5) is 13.3. The Balaban J connectivity index is 1.98. The molecule has 2 N–H and O–H groups in total. The first-order valence-corrected chi connectivity index (χ1v) is 10.0. The number of rotatable bonds is 7. The Morgan fingerprint density at radius 2 is 1.34 bits per heavy atom. The van der Waals surface area contributed by atoms with E-state index in [9.17, 15) is 4.39 Å². The third-order valence-electron chi connectivity index (χ3n) is 5.33. The average molecular weight is 430 g/mol. The van der Waals surface area contributed by atoms with E-state index < -0.39 is 0 Å². The Bertz CT molecular complexity index is 1150. The molecule has 0 amide bonds. The lowest BCUT2D eigenvalue weighted by atomic mass is 9.76. The highest BCUT2D eigenvalue weighted by Crippen LogP contribution is 2.43. The fraction of sp³-hybridized carbons (Fsp3) is 0.160. The van der Waals surface area contributed by atoms with Crippen LogP contribution in [0, 0.1) is 5.82 Å². The summed E-state index contributed by atoms with van der Waals surface area (Å²) < 4.78 is 24.6. The second kappa shape index (κ2) is 9.43. The van der Waals surface area contributed by atoms with E-state index in [0.717, 1.165) is 22.4 Å². The van der Waals surface area contributed by atoms with Gasteiger partial charge in [0.25, 0.3) is 0 Å². The SMILES string of the molecule is COc1cncc(C(c2cncc(OC)c2)C(c2ccc(F)cc2)c2cccc(N)n2)c1. The smallest absolute Gasteiger partial charge is 0.137 e. The molecule has 0 spiro atoms. The lowest BCUT2D eigenvalue weighted by Crippen LogP contribution is -2.17. The molecule has 0 saturated carbocycles. The molecular weight excluding hydrogens is 407 g/mol. The van der Waals surface area contributed by atoms with Crippen molar-refractivity contribution in [3.8, 4) is 11.5 Å². The maximum atomic E-state index is 13.8. The van der Waals surface area contributed by atoms with Gasteiger partial charge in [-0.05, 0) is 53.1 Å². The minimum absolute atomic E-state index is 0.278. The average Bonchev–Trinajstić information content (AvgIpc) is 2.83. The highest BCUT2D eigenvalue weighted by atomic mass is 19.1. The molecule has 0 saturated heterocycles. The molecule has 6 nitrogen and oxygen atoms in total. The molecule has 3 aromatic heterocycles. The van der Waals surface area contributed by atoms with E-state index in [2.05, 4.69) is 15.0 Å². The van der Waals surface area contributed by atoms with Crippen molar-refractivity contribution in [3.63, 3.8) is 0 Å². The summed E-state index contributed by atoms with van der Waals surface area (Å²) >= 11 is 0. The largest absolute Gasteiger partial charge is 0.495 e. The van der Waals surface area contributed by atoms with Crippen LogP contribution in [0.15, 0.2) is 79.4 Å². The molecule has 1 aromatic carbocycles. The van der Waals surface area contributed by atoms with Crippen LogP contribution in [0.2, 0.25) is 0 Å². The molecule has 0 aliphatic carbocycles. The van der Waals surface area contributed by atoms with Gasteiger partial charge < -0.3 is 15.2 Å². The first kappa shape index (κ1) is 21.2. The number of methoxy groups -OCH3 is 2. The second-order valence-electron chi connectivity index (χ2n) is 7.31. The van der Waals surface area contributed by atoms with E-state index in [4.69, 9.17) is 15.2 Å². The van der Waals surface area contributed by atoms with Gasteiger partial charge in [-0.1, -0.05) is 18.2 Å². The Labute approximate surface area is 185 Å². The van der Waals surface area contributed by atoms with E-state index in [0.29, 0.717) is 17.3 Å². The number of nitrogens with two attached hydrogens (primary N) is 1. The molecule has 162 valence electrons. The zero-order valence-electron chi connectivity index (χ0n) is 17.8. The molecular formula is C25H23FN4O2. The predicted molar refractivity (Wildman–Crippen MR) is 120 cm³/mol. The van der Waals surface area contributed by atoms with Crippen LogP contribution in [0.5, 0.6) is 11.5 Å². The van der Waals surface area contributed by atoms with Crippen LogP contribution in [-0.2, 0) is 0 Å². The Kier molecular flexibility index (Phi) is 6.26. The summed E-state index contributed by atoms with van der Waals surface area (Å²) in [5.74, 6) is 0.766. The molecule has 1 unspecified atom stereocenters. The van der Waals surface area contributed by atoms with Gasteiger partial charge in [0.1, 0.15) is 23.1 Å². The molecule has 7 heteroatoms. The molecule has 32 heavy (non-hydrogen) atoms. The van der Waals surface area contributed by atoms with Gasteiger partial charge in [0.15, 0.2) is 0 Å². The summed E-state index contributed by atoms with van der Waals surface area (Å²) in [6, 6.07) is 15.8. The van der Waals surface area contributed by atoms with Gasteiger partial charge in [-0.2, -0.15) is 0 Å². The topological polar surface area (TPSA) is 83.2 Å². The van der Waals surface area contributed by atoms with Crippen LogP contribution >= 0.6 is 0 Å². The van der Waals surface area contributed by atoms with Crippen LogP contribution < -0.4 is 15.2 Å². The molecule has 4 rings (SSSR count). The van der Waals surface area contributed by atoms with E-state index in [1.165, 1.54) is 12.1 Å². The van der Waals surface area contributed by atoms with Crippen molar-refractivity contribution >= 4 is 5.82 Å². The van der Waals surface area contributed by atoms with E-state index >= 15 is 0 Å². The van der Waals surface area contributed by atoms with E-state index in [1.54, 1.807) is 57.2 Å². The predicted octanol–water partition coefficient (Wildman–Crippen LogP) is 4.57. The van der Waals surface area contributed by atoms with Crippen molar-refractivity contribution in [1.29, 1.82) is 0 Å². The van der Waals surface area contributed by atoms with Crippen molar-refractivity contribution in [2.45, 2.75) is 11.8 Å². The van der Waals surface area contributed by atoms with Crippen molar-refractivity contribution in [1.82, 2.24) is 15.0 Å². The standard InChI is InChI=1S/C25H23FN4O2/c1-31-20-10-17(12-28-14-20)24(18-11-21(32-2)15-29-13-18)25(16-6-8-19(26)9-7-16)22-4-3-5-23(27)30-22/h3-15,24-25H,1-2H3,(H2,27,30). The molecule has 0 aliphatic heterocycles. The number of anilines is 1. The van der Waals surface area contributed by atoms with Gasteiger partial charge in [0.2, 0.25) is 0 Å². The number of halogens is 1. The van der Waals surface area contributed by atoms with Gasteiger partial charge in [-0.3, -0.25) is 9.97 Å². The normalized spacial score (nSPS) is 11.9. The van der Waals surface area contributed by atoms with Crippen LogP contribution in [0.25, 0.3) is 0 Å². The lowest BCUT2D eigenvalue weighted by Gasteiger charge is -2.28. The third kappa shape index (κ3) is 4.51. The number of hydrogen-bond acceptors (Lipinski definition) is 6.